The molecule has 0 radical (unpaired) electrons. The van der Waals surface area contributed by atoms with Crippen molar-refractivity contribution >= 4 is 5.91 Å². The van der Waals surface area contributed by atoms with Crippen molar-refractivity contribution in [3.63, 3.8) is 0 Å². The van der Waals surface area contributed by atoms with Crippen molar-refractivity contribution in [2.75, 3.05) is 26.3 Å². The first kappa shape index (κ1) is 11.9. The average Bonchev–Trinajstić information content (AvgIpc) is 2.26. The lowest BCUT2D eigenvalue weighted by molar-refractivity contribution is -0.147. The molecule has 4 nitrogen and oxygen atoms in total. The van der Waals surface area contributed by atoms with Gasteiger partial charge in [0, 0.05) is 19.7 Å². The second-order valence-electron chi connectivity index (χ2n) is 5.22. The van der Waals surface area contributed by atoms with Crippen LogP contribution in [-0.2, 0) is 9.53 Å². The van der Waals surface area contributed by atoms with Gasteiger partial charge in [0.25, 0.3) is 0 Å². The fourth-order valence-corrected chi connectivity index (χ4v) is 2.72. The van der Waals surface area contributed by atoms with Crippen LogP contribution in [0.2, 0.25) is 0 Å². The molecule has 2 heterocycles. The Kier molecular flexibility index (Phi) is 3.50. The Hall–Kier alpha value is -0.610. The van der Waals surface area contributed by atoms with Crippen LogP contribution in [0.3, 0.4) is 0 Å². The van der Waals surface area contributed by atoms with E-state index in [9.17, 15) is 4.79 Å². The molecule has 1 amide bonds. The first-order chi connectivity index (χ1) is 7.64. The van der Waals surface area contributed by atoms with Crippen LogP contribution in [0.4, 0.5) is 0 Å². The molecule has 1 atom stereocenters. The molecular formula is C12H22N2O2. The van der Waals surface area contributed by atoms with Gasteiger partial charge in [0.15, 0.2) is 0 Å². The molecule has 0 aromatic carbocycles. The van der Waals surface area contributed by atoms with E-state index in [1.165, 1.54) is 0 Å². The van der Waals surface area contributed by atoms with Crippen LogP contribution >= 0.6 is 0 Å². The van der Waals surface area contributed by atoms with Crippen molar-refractivity contribution in [2.45, 2.75) is 38.1 Å². The maximum atomic E-state index is 12.1. The third-order valence-electron chi connectivity index (χ3n) is 3.58. The summed E-state index contributed by atoms with van der Waals surface area (Å²) in [4.78, 5) is 14.0. The lowest BCUT2D eigenvalue weighted by Crippen LogP contribution is -2.69. The summed E-state index contributed by atoms with van der Waals surface area (Å²) in [5.74, 6) is 0.330. The Morgan fingerprint density at radius 2 is 2.31 bits per heavy atom. The molecule has 92 valence electrons. The molecule has 4 heteroatoms. The van der Waals surface area contributed by atoms with Crippen molar-refractivity contribution in [1.29, 1.82) is 0 Å². The number of ether oxygens (including phenoxy) is 1. The summed E-state index contributed by atoms with van der Waals surface area (Å²) in [5.41, 5.74) is 6.03. The van der Waals surface area contributed by atoms with Gasteiger partial charge in [-0.3, -0.25) is 4.79 Å². The Morgan fingerprint density at radius 1 is 1.56 bits per heavy atom. The van der Waals surface area contributed by atoms with Gasteiger partial charge in [-0.15, -0.1) is 0 Å². The van der Waals surface area contributed by atoms with Gasteiger partial charge in [0.2, 0.25) is 5.91 Å². The fourth-order valence-electron chi connectivity index (χ4n) is 2.72. The summed E-state index contributed by atoms with van der Waals surface area (Å²) in [5, 5.41) is 0. The van der Waals surface area contributed by atoms with E-state index in [0.29, 0.717) is 6.61 Å². The molecule has 2 saturated heterocycles. The fraction of sp³-hybridized carbons (Fsp3) is 0.917. The molecule has 16 heavy (non-hydrogen) atoms. The molecule has 0 saturated carbocycles. The number of nitrogens with zero attached hydrogens (tertiary/aromatic N) is 1. The summed E-state index contributed by atoms with van der Waals surface area (Å²) in [6, 6.07) is 0. The topological polar surface area (TPSA) is 55.6 Å². The van der Waals surface area contributed by atoms with Crippen molar-refractivity contribution in [3.05, 3.63) is 0 Å². The Labute approximate surface area is 97.1 Å². The number of nitrogens with two attached hydrogens (primary N) is 1. The molecular weight excluding hydrogens is 204 g/mol. The Bertz CT molecular complexity index is 256. The number of carbonyl (C=O) groups is 1. The molecule has 2 N–H and O–H groups in total. The summed E-state index contributed by atoms with van der Waals surface area (Å²) in [6.07, 6.45) is 4.08. The molecule has 2 rings (SSSR count). The zero-order valence-electron chi connectivity index (χ0n) is 10.1. The molecule has 1 unspecified atom stereocenters. The number of hydrogen-bond acceptors (Lipinski definition) is 3. The minimum Gasteiger partial charge on any atom is -0.381 e. The lowest BCUT2D eigenvalue weighted by atomic mass is 9.85. The molecule has 0 aromatic heterocycles. The van der Waals surface area contributed by atoms with E-state index in [-0.39, 0.29) is 17.4 Å². The average molecular weight is 226 g/mol. The second kappa shape index (κ2) is 4.72. The quantitative estimate of drug-likeness (QED) is 0.772. The highest BCUT2D eigenvalue weighted by molar-refractivity contribution is 5.80. The predicted molar refractivity (Wildman–Crippen MR) is 61.9 cm³/mol. The largest absolute Gasteiger partial charge is 0.381 e. The normalized spacial score (nSPS) is 28.6. The van der Waals surface area contributed by atoms with E-state index in [0.717, 1.165) is 45.4 Å². The minimum absolute atomic E-state index is 0.0833. The van der Waals surface area contributed by atoms with Gasteiger partial charge < -0.3 is 15.4 Å². The maximum absolute atomic E-state index is 12.1. The maximum Gasteiger partial charge on any atom is 0.228 e. The summed E-state index contributed by atoms with van der Waals surface area (Å²) >= 11 is 0. The highest BCUT2D eigenvalue weighted by Crippen LogP contribution is 2.26. The highest BCUT2D eigenvalue weighted by atomic mass is 16.5. The SMILES string of the molecule is CCCC1(N)CN(C(=O)C2CCCOC2)C1. The number of hydrogen-bond donors (Lipinski definition) is 1. The van der Waals surface area contributed by atoms with Crippen molar-refractivity contribution in [2.24, 2.45) is 11.7 Å². The number of likely N-dealkylation sites (tertiary alicyclic amines) is 1. The molecule has 0 spiro atoms. The van der Waals surface area contributed by atoms with Crippen molar-refractivity contribution < 1.29 is 9.53 Å². The zero-order chi connectivity index (χ0) is 11.6. The van der Waals surface area contributed by atoms with Crippen LogP contribution in [0.25, 0.3) is 0 Å². The Balaban J connectivity index is 1.80. The molecule has 2 aliphatic rings. The Morgan fingerprint density at radius 3 is 2.88 bits per heavy atom. The number of amides is 1. The van der Waals surface area contributed by atoms with Gasteiger partial charge in [-0.2, -0.15) is 0 Å². The van der Waals surface area contributed by atoms with Gasteiger partial charge >= 0.3 is 0 Å². The van der Waals surface area contributed by atoms with Crippen LogP contribution < -0.4 is 5.73 Å². The third-order valence-corrected chi connectivity index (χ3v) is 3.58. The van der Waals surface area contributed by atoms with E-state index in [4.69, 9.17) is 10.5 Å². The number of rotatable bonds is 3. The summed E-state index contributed by atoms with van der Waals surface area (Å²) in [6.45, 7) is 5.00. The first-order valence-electron chi connectivity index (χ1n) is 6.30. The van der Waals surface area contributed by atoms with Crippen LogP contribution in [0, 0.1) is 5.92 Å². The van der Waals surface area contributed by atoms with E-state index in [1.54, 1.807) is 0 Å². The van der Waals surface area contributed by atoms with Crippen LogP contribution in [0.1, 0.15) is 32.6 Å². The monoisotopic (exact) mass is 226 g/mol. The zero-order valence-corrected chi connectivity index (χ0v) is 10.1. The van der Waals surface area contributed by atoms with Gasteiger partial charge in [-0.1, -0.05) is 13.3 Å². The molecule has 0 aliphatic carbocycles. The lowest BCUT2D eigenvalue weighted by Gasteiger charge is -2.49. The van der Waals surface area contributed by atoms with E-state index in [2.05, 4.69) is 6.92 Å². The van der Waals surface area contributed by atoms with Gasteiger partial charge in [-0.05, 0) is 19.3 Å². The minimum atomic E-state index is -0.111. The smallest absolute Gasteiger partial charge is 0.228 e. The van der Waals surface area contributed by atoms with Gasteiger partial charge in [0.1, 0.15) is 0 Å². The standard InChI is InChI=1S/C12H22N2O2/c1-2-5-12(13)8-14(9-12)11(15)10-4-3-6-16-7-10/h10H,2-9,13H2,1H3. The van der Waals surface area contributed by atoms with Gasteiger partial charge in [0.05, 0.1) is 18.1 Å². The van der Waals surface area contributed by atoms with Crippen molar-refractivity contribution in [1.82, 2.24) is 4.90 Å². The summed E-state index contributed by atoms with van der Waals surface area (Å²) in [7, 11) is 0. The van der Waals surface area contributed by atoms with Crippen LogP contribution in [0.5, 0.6) is 0 Å². The third kappa shape index (κ3) is 2.38. The predicted octanol–water partition coefficient (Wildman–Crippen LogP) is 0.753. The summed E-state index contributed by atoms with van der Waals surface area (Å²) < 4.78 is 5.34. The first-order valence-corrected chi connectivity index (χ1v) is 6.30. The molecule has 2 fully saturated rings. The van der Waals surface area contributed by atoms with Crippen LogP contribution in [-0.4, -0.2) is 42.6 Å². The second-order valence-corrected chi connectivity index (χ2v) is 5.22. The molecule has 0 bridgehead atoms. The van der Waals surface area contributed by atoms with E-state index < -0.39 is 0 Å². The highest BCUT2D eigenvalue weighted by Gasteiger charge is 2.42. The molecule has 0 aromatic rings. The van der Waals surface area contributed by atoms with E-state index >= 15 is 0 Å². The van der Waals surface area contributed by atoms with Crippen molar-refractivity contribution in [3.8, 4) is 0 Å². The van der Waals surface area contributed by atoms with E-state index in [1.807, 2.05) is 4.90 Å². The van der Waals surface area contributed by atoms with Crippen LogP contribution in [0.15, 0.2) is 0 Å². The van der Waals surface area contributed by atoms with Gasteiger partial charge in [-0.25, -0.2) is 0 Å². The number of carbonyl (C=O) groups excluding carboxylic acids is 1. The molecule has 2 aliphatic heterocycles.